The Morgan fingerprint density at radius 2 is 2.00 bits per heavy atom. The fourth-order valence-electron chi connectivity index (χ4n) is 1.79. The summed E-state index contributed by atoms with van der Waals surface area (Å²) in [7, 11) is 0. The first-order valence-corrected chi connectivity index (χ1v) is 7.31. The maximum absolute atomic E-state index is 11.8. The fourth-order valence-corrected chi connectivity index (χ4v) is 2.43. The summed E-state index contributed by atoms with van der Waals surface area (Å²) in [5, 5.41) is 15.9. The van der Waals surface area contributed by atoms with Crippen molar-refractivity contribution >= 4 is 34.8 Å². The molecule has 114 valence electrons. The van der Waals surface area contributed by atoms with Gasteiger partial charge in [0.05, 0.1) is 17.0 Å². The molecule has 0 fully saturated rings. The van der Waals surface area contributed by atoms with E-state index in [-0.39, 0.29) is 18.0 Å². The van der Waals surface area contributed by atoms with Gasteiger partial charge in [0.25, 0.3) is 5.91 Å². The van der Waals surface area contributed by atoms with Crippen LogP contribution in [0, 0.1) is 6.92 Å². The Morgan fingerprint density at radius 1 is 1.23 bits per heavy atom. The second kappa shape index (κ2) is 6.86. The topological polar surface area (TPSA) is 95.5 Å². The van der Waals surface area contributed by atoms with E-state index >= 15 is 0 Å². The SMILES string of the molecule is Cc1ccc(NC(=O)CNC(=O)c2cccs2)cc1C(=O)O. The van der Waals surface area contributed by atoms with E-state index in [1.165, 1.54) is 17.4 Å². The Bertz CT molecular complexity index is 710. The van der Waals surface area contributed by atoms with Crippen molar-refractivity contribution in [1.82, 2.24) is 5.32 Å². The van der Waals surface area contributed by atoms with Crippen LogP contribution in [-0.2, 0) is 4.79 Å². The minimum atomic E-state index is -1.06. The second-order valence-corrected chi connectivity index (χ2v) is 5.49. The molecule has 2 rings (SSSR count). The molecule has 0 aliphatic rings. The third-order valence-electron chi connectivity index (χ3n) is 2.91. The van der Waals surface area contributed by atoms with Gasteiger partial charge in [-0.25, -0.2) is 4.79 Å². The van der Waals surface area contributed by atoms with E-state index < -0.39 is 11.9 Å². The zero-order chi connectivity index (χ0) is 16.1. The maximum atomic E-state index is 11.8. The Labute approximate surface area is 130 Å². The molecule has 0 atom stereocenters. The molecular formula is C15H14N2O4S. The van der Waals surface area contributed by atoms with Crippen molar-refractivity contribution in [3.05, 3.63) is 51.7 Å². The van der Waals surface area contributed by atoms with Crippen LogP contribution in [0.2, 0.25) is 0 Å². The lowest BCUT2D eigenvalue weighted by molar-refractivity contribution is -0.115. The molecule has 7 heteroatoms. The average Bonchev–Trinajstić information content (AvgIpc) is 3.01. The van der Waals surface area contributed by atoms with Crippen LogP contribution in [0.25, 0.3) is 0 Å². The standard InChI is InChI=1S/C15H14N2O4S/c1-9-4-5-10(7-11(9)15(20)21)17-13(18)8-16-14(19)12-3-2-6-22-12/h2-7H,8H2,1H3,(H,16,19)(H,17,18)(H,20,21). The van der Waals surface area contributed by atoms with E-state index in [1.807, 2.05) is 0 Å². The van der Waals surface area contributed by atoms with E-state index in [0.717, 1.165) is 0 Å². The fraction of sp³-hybridized carbons (Fsp3) is 0.133. The lowest BCUT2D eigenvalue weighted by Crippen LogP contribution is -2.32. The van der Waals surface area contributed by atoms with Gasteiger partial charge in [-0.1, -0.05) is 12.1 Å². The number of aryl methyl sites for hydroxylation is 1. The van der Waals surface area contributed by atoms with Crippen LogP contribution in [0.4, 0.5) is 5.69 Å². The van der Waals surface area contributed by atoms with Crippen LogP contribution < -0.4 is 10.6 Å². The second-order valence-electron chi connectivity index (χ2n) is 4.54. The van der Waals surface area contributed by atoms with Crippen LogP contribution >= 0.6 is 11.3 Å². The highest BCUT2D eigenvalue weighted by molar-refractivity contribution is 7.12. The van der Waals surface area contributed by atoms with Crippen LogP contribution in [0.3, 0.4) is 0 Å². The first kappa shape index (κ1) is 15.7. The first-order valence-electron chi connectivity index (χ1n) is 6.43. The summed E-state index contributed by atoms with van der Waals surface area (Å²) < 4.78 is 0. The Balaban J connectivity index is 1.93. The highest BCUT2D eigenvalue weighted by Gasteiger charge is 2.11. The number of carbonyl (C=O) groups is 3. The molecule has 22 heavy (non-hydrogen) atoms. The highest BCUT2D eigenvalue weighted by Crippen LogP contribution is 2.15. The van der Waals surface area contributed by atoms with Gasteiger partial charge in [-0.15, -0.1) is 11.3 Å². The number of aromatic carboxylic acids is 1. The molecule has 0 radical (unpaired) electrons. The molecule has 0 bridgehead atoms. The van der Waals surface area contributed by atoms with E-state index in [0.29, 0.717) is 16.1 Å². The number of rotatable bonds is 5. The van der Waals surface area contributed by atoms with Crippen LogP contribution in [0.5, 0.6) is 0 Å². The number of carboxylic acid groups (broad SMARTS) is 1. The van der Waals surface area contributed by atoms with Gasteiger partial charge in [-0.2, -0.15) is 0 Å². The Hall–Kier alpha value is -2.67. The van der Waals surface area contributed by atoms with Gasteiger partial charge >= 0.3 is 5.97 Å². The molecule has 0 aliphatic carbocycles. The molecule has 1 aromatic heterocycles. The lowest BCUT2D eigenvalue weighted by atomic mass is 10.1. The molecule has 0 saturated carbocycles. The van der Waals surface area contributed by atoms with E-state index in [2.05, 4.69) is 10.6 Å². The number of nitrogens with one attached hydrogen (secondary N) is 2. The molecule has 1 heterocycles. The monoisotopic (exact) mass is 318 g/mol. The molecule has 2 aromatic rings. The zero-order valence-electron chi connectivity index (χ0n) is 11.8. The number of carboxylic acids is 1. The van der Waals surface area contributed by atoms with Gasteiger partial charge in [0.15, 0.2) is 0 Å². The number of carbonyl (C=O) groups excluding carboxylic acids is 2. The minimum absolute atomic E-state index is 0.125. The lowest BCUT2D eigenvalue weighted by Gasteiger charge is -2.08. The summed E-state index contributed by atoms with van der Waals surface area (Å²) in [5.41, 5.74) is 1.11. The van der Waals surface area contributed by atoms with Crippen molar-refractivity contribution in [2.45, 2.75) is 6.92 Å². The maximum Gasteiger partial charge on any atom is 0.336 e. The van der Waals surface area contributed by atoms with Gasteiger partial charge in [-0.3, -0.25) is 9.59 Å². The summed E-state index contributed by atoms with van der Waals surface area (Å²) in [6.45, 7) is 1.49. The predicted octanol–water partition coefficient (Wildman–Crippen LogP) is 2.12. The molecule has 6 nitrogen and oxygen atoms in total. The third-order valence-corrected chi connectivity index (χ3v) is 3.77. The molecule has 2 amide bonds. The average molecular weight is 318 g/mol. The van der Waals surface area contributed by atoms with E-state index in [9.17, 15) is 14.4 Å². The largest absolute Gasteiger partial charge is 0.478 e. The first-order chi connectivity index (χ1) is 10.5. The molecule has 3 N–H and O–H groups in total. The number of benzene rings is 1. The number of amides is 2. The Morgan fingerprint density at radius 3 is 2.64 bits per heavy atom. The minimum Gasteiger partial charge on any atom is -0.478 e. The molecule has 0 aliphatic heterocycles. The molecule has 1 aromatic carbocycles. The van der Waals surface area contributed by atoms with Crippen LogP contribution in [-0.4, -0.2) is 29.4 Å². The molecule has 0 saturated heterocycles. The summed E-state index contributed by atoms with van der Waals surface area (Å²) >= 11 is 1.28. The molecule has 0 spiro atoms. The van der Waals surface area contributed by atoms with E-state index in [1.54, 1.807) is 36.6 Å². The van der Waals surface area contributed by atoms with Gasteiger partial charge in [0.2, 0.25) is 5.91 Å². The van der Waals surface area contributed by atoms with Crippen molar-refractivity contribution < 1.29 is 19.5 Å². The van der Waals surface area contributed by atoms with Crippen molar-refractivity contribution in [2.75, 3.05) is 11.9 Å². The van der Waals surface area contributed by atoms with Crippen LogP contribution in [0.1, 0.15) is 25.6 Å². The van der Waals surface area contributed by atoms with Crippen molar-refractivity contribution in [1.29, 1.82) is 0 Å². The van der Waals surface area contributed by atoms with E-state index in [4.69, 9.17) is 5.11 Å². The number of hydrogen-bond acceptors (Lipinski definition) is 4. The third kappa shape index (κ3) is 3.92. The van der Waals surface area contributed by atoms with Gasteiger partial charge < -0.3 is 15.7 Å². The quantitative estimate of drug-likeness (QED) is 0.787. The normalized spacial score (nSPS) is 10.0. The van der Waals surface area contributed by atoms with Crippen molar-refractivity contribution in [3.8, 4) is 0 Å². The predicted molar refractivity (Wildman–Crippen MR) is 83.4 cm³/mol. The summed E-state index contributed by atoms with van der Waals surface area (Å²) in [6, 6.07) is 8.02. The number of hydrogen-bond donors (Lipinski definition) is 3. The van der Waals surface area contributed by atoms with Crippen molar-refractivity contribution in [2.24, 2.45) is 0 Å². The highest BCUT2D eigenvalue weighted by atomic mass is 32.1. The number of anilines is 1. The van der Waals surface area contributed by atoms with Crippen molar-refractivity contribution in [3.63, 3.8) is 0 Å². The molecule has 0 unspecified atom stereocenters. The zero-order valence-corrected chi connectivity index (χ0v) is 12.6. The summed E-state index contributed by atoms with van der Waals surface area (Å²) in [6.07, 6.45) is 0. The molecular weight excluding hydrogens is 304 g/mol. The summed E-state index contributed by atoms with van der Waals surface area (Å²) in [5.74, 6) is -1.80. The van der Waals surface area contributed by atoms with Gasteiger partial charge in [-0.05, 0) is 36.1 Å². The summed E-state index contributed by atoms with van der Waals surface area (Å²) in [4.78, 5) is 35.0. The van der Waals surface area contributed by atoms with Gasteiger partial charge in [0, 0.05) is 5.69 Å². The Kier molecular flexibility index (Phi) is 4.90. The smallest absolute Gasteiger partial charge is 0.336 e. The number of thiophene rings is 1. The van der Waals surface area contributed by atoms with Crippen LogP contribution in [0.15, 0.2) is 35.7 Å². The van der Waals surface area contributed by atoms with Gasteiger partial charge in [0.1, 0.15) is 0 Å².